The standard InChI is InChI=1S/C11H15NO2/c1-4-7-12-8-6-9(3)10(12)11(13)14-5-2/h4,6,8H,1,5,7H2,2-3H3. The fraction of sp³-hybridized carbons (Fsp3) is 0.364. The molecule has 0 aliphatic rings. The van der Waals surface area contributed by atoms with Crippen LogP contribution >= 0.6 is 0 Å². The number of carbonyl (C=O) groups is 1. The van der Waals surface area contributed by atoms with Crippen molar-refractivity contribution in [1.82, 2.24) is 4.57 Å². The van der Waals surface area contributed by atoms with Gasteiger partial charge >= 0.3 is 5.97 Å². The Morgan fingerprint density at radius 3 is 3.00 bits per heavy atom. The summed E-state index contributed by atoms with van der Waals surface area (Å²) < 4.78 is 6.79. The number of ether oxygens (including phenoxy) is 1. The van der Waals surface area contributed by atoms with Gasteiger partial charge in [-0.25, -0.2) is 4.79 Å². The Morgan fingerprint density at radius 1 is 1.71 bits per heavy atom. The fourth-order valence-corrected chi connectivity index (χ4v) is 1.35. The van der Waals surface area contributed by atoms with Crippen LogP contribution in [0.3, 0.4) is 0 Å². The van der Waals surface area contributed by atoms with Crippen LogP contribution in [0, 0.1) is 6.92 Å². The van der Waals surface area contributed by atoms with Gasteiger partial charge in [-0.3, -0.25) is 0 Å². The summed E-state index contributed by atoms with van der Waals surface area (Å²) in [6.45, 7) is 8.36. The van der Waals surface area contributed by atoms with E-state index in [1.165, 1.54) is 0 Å². The summed E-state index contributed by atoms with van der Waals surface area (Å²) in [5.41, 5.74) is 1.55. The Balaban J connectivity index is 2.97. The first-order chi connectivity index (χ1) is 6.70. The molecule has 0 saturated heterocycles. The molecule has 0 atom stereocenters. The smallest absolute Gasteiger partial charge is 0.355 e. The number of aromatic nitrogens is 1. The first-order valence-corrected chi connectivity index (χ1v) is 4.64. The van der Waals surface area contributed by atoms with E-state index in [0.29, 0.717) is 18.8 Å². The number of aryl methyl sites for hydroxylation is 1. The molecule has 1 heterocycles. The lowest BCUT2D eigenvalue weighted by atomic mass is 10.3. The maximum Gasteiger partial charge on any atom is 0.355 e. The van der Waals surface area contributed by atoms with Crippen LogP contribution < -0.4 is 0 Å². The molecule has 0 unspecified atom stereocenters. The maximum atomic E-state index is 11.5. The molecule has 0 bridgehead atoms. The Morgan fingerprint density at radius 2 is 2.43 bits per heavy atom. The van der Waals surface area contributed by atoms with Gasteiger partial charge in [0.1, 0.15) is 5.69 Å². The van der Waals surface area contributed by atoms with Crippen molar-refractivity contribution < 1.29 is 9.53 Å². The van der Waals surface area contributed by atoms with Crippen molar-refractivity contribution in [1.29, 1.82) is 0 Å². The zero-order valence-electron chi connectivity index (χ0n) is 8.62. The number of carbonyl (C=O) groups excluding carboxylic acids is 1. The van der Waals surface area contributed by atoms with E-state index in [9.17, 15) is 4.79 Å². The summed E-state index contributed by atoms with van der Waals surface area (Å²) in [5.74, 6) is -0.267. The van der Waals surface area contributed by atoms with Gasteiger partial charge in [0, 0.05) is 12.7 Å². The highest BCUT2D eigenvalue weighted by atomic mass is 16.5. The summed E-state index contributed by atoms with van der Waals surface area (Å²) in [4.78, 5) is 11.5. The number of esters is 1. The zero-order valence-corrected chi connectivity index (χ0v) is 8.62. The van der Waals surface area contributed by atoms with E-state index in [1.54, 1.807) is 13.0 Å². The van der Waals surface area contributed by atoms with Crippen LogP contribution in [0.15, 0.2) is 24.9 Å². The molecule has 0 spiro atoms. The summed E-state index contributed by atoms with van der Waals surface area (Å²) >= 11 is 0. The van der Waals surface area contributed by atoms with Crippen LogP contribution in [0.25, 0.3) is 0 Å². The van der Waals surface area contributed by atoms with Gasteiger partial charge in [-0.1, -0.05) is 6.08 Å². The summed E-state index contributed by atoms with van der Waals surface area (Å²) in [7, 11) is 0. The third-order valence-corrected chi connectivity index (χ3v) is 1.96. The number of allylic oxidation sites excluding steroid dienone is 1. The molecule has 0 fully saturated rings. The SMILES string of the molecule is C=CCn1ccc(C)c1C(=O)OCC. The molecule has 0 aliphatic heterocycles. The monoisotopic (exact) mass is 193 g/mol. The second kappa shape index (κ2) is 4.65. The minimum atomic E-state index is -0.267. The molecule has 0 aromatic carbocycles. The molecule has 0 saturated carbocycles. The normalized spacial score (nSPS) is 9.86. The minimum absolute atomic E-state index is 0.267. The topological polar surface area (TPSA) is 31.2 Å². The van der Waals surface area contributed by atoms with Gasteiger partial charge < -0.3 is 9.30 Å². The summed E-state index contributed by atoms with van der Waals surface area (Å²) in [5, 5.41) is 0. The van der Waals surface area contributed by atoms with Gasteiger partial charge in [0.25, 0.3) is 0 Å². The van der Waals surface area contributed by atoms with E-state index in [-0.39, 0.29) is 5.97 Å². The molecule has 14 heavy (non-hydrogen) atoms. The predicted octanol–water partition coefficient (Wildman–Crippen LogP) is 2.16. The number of hydrogen-bond donors (Lipinski definition) is 0. The number of nitrogens with zero attached hydrogens (tertiary/aromatic N) is 1. The Bertz CT molecular complexity index is 339. The summed E-state index contributed by atoms with van der Waals surface area (Å²) in [6.07, 6.45) is 3.62. The Kier molecular flexibility index (Phi) is 3.51. The average molecular weight is 193 g/mol. The largest absolute Gasteiger partial charge is 0.461 e. The summed E-state index contributed by atoms with van der Waals surface area (Å²) in [6, 6.07) is 1.90. The first kappa shape index (κ1) is 10.6. The van der Waals surface area contributed by atoms with E-state index in [2.05, 4.69) is 6.58 Å². The van der Waals surface area contributed by atoms with E-state index in [4.69, 9.17) is 4.74 Å². The molecule has 3 nitrogen and oxygen atoms in total. The molecular formula is C11H15NO2. The Hall–Kier alpha value is -1.51. The molecule has 0 N–H and O–H groups in total. The minimum Gasteiger partial charge on any atom is -0.461 e. The third kappa shape index (κ3) is 2.05. The lowest BCUT2D eigenvalue weighted by Gasteiger charge is -2.06. The highest BCUT2D eigenvalue weighted by molar-refractivity contribution is 5.89. The van der Waals surface area contributed by atoms with Crippen molar-refractivity contribution in [3.05, 3.63) is 36.2 Å². The lowest BCUT2D eigenvalue weighted by molar-refractivity contribution is 0.0513. The highest BCUT2D eigenvalue weighted by Gasteiger charge is 2.14. The van der Waals surface area contributed by atoms with Crippen molar-refractivity contribution in [3.63, 3.8) is 0 Å². The molecule has 1 aromatic rings. The second-order valence-electron chi connectivity index (χ2n) is 3.01. The molecule has 0 aliphatic carbocycles. The third-order valence-electron chi connectivity index (χ3n) is 1.96. The number of rotatable bonds is 4. The predicted molar refractivity (Wildman–Crippen MR) is 55.3 cm³/mol. The van der Waals surface area contributed by atoms with Crippen LogP contribution in [0.4, 0.5) is 0 Å². The van der Waals surface area contributed by atoms with Crippen LogP contribution in [-0.2, 0) is 11.3 Å². The van der Waals surface area contributed by atoms with Crippen LogP contribution in [-0.4, -0.2) is 17.1 Å². The maximum absolute atomic E-state index is 11.5. The van der Waals surface area contributed by atoms with Gasteiger partial charge in [0.2, 0.25) is 0 Å². The quantitative estimate of drug-likeness (QED) is 0.542. The Labute approximate surface area is 84.0 Å². The molecule has 1 rings (SSSR count). The molecule has 0 amide bonds. The fourth-order valence-electron chi connectivity index (χ4n) is 1.35. The lowest BCUT2D eigenvalue weighted by Crippen LogP contribution is -2.12. The van der Waals surface area contributed by atoms with Gasteiger partial charge in [-0.2, -0.15) is 0 Å². The van der Waals surface area contributed by atoms with Gasteiger partial charge in [-0.15, -0.1) is 6.58 Å². The van der Waals surface area contributed by atoms with Crippen molar-refractivity contribution in [2.24, 2.45) is 0 Å². The molecule has 76 valence electrons. The zero-order chi connectivity index (χ0) is 10.6. The van der Waals surface area contributed by atoms with E-state index < -0.39 is 0 Å². The van der Waals surface area contributed by atoms with E-state index in [0.717, 1.165) is 5.56 Å². The van der Waals surface area contributed by atoms with Crippen LogP contribution in [0.1, 0.15) is 23.0 Å². The van der Waals surface area contributed by atoms with Crippen molar-refractivity contribution in [2.45, 2.75) is 20.4 Å². The van der Waals surface area contributed by atoms with E-state index >= 15 is 0 Å². The average Bonchev–Trinajstić information content (AvgIpc) is 2.48. The van der Waals surface area contributed by atoms with Gasteiger partial charge in [0.15, 0.2) is 0 Å². The second-order valence-corrected chi connectivity index (χ2v) is 3.01. The highest BCUT2D eigenvalue weighted by Crippen LogP contribution is 2.11. The molecule has 1 aromatic heterocycles. The van der Waals surface area contributed by atoms with Crippen molar-refractivity contribution in [2.75, 3.05) is 6.61 Å². The first-order valence-electron chi connectivity index (χ1n) is 4.64. The van der Waals surface area contributed by atoms with Crippen molar-refractivity contribution in [3.8, 4) is 0 Å². The van der Waals surface area contributed by atoms with E-state index in [1.807, 2.05) is 23.8 Å². The van der Waals surface area contributed by atoms with Gasteiger partial charge in [0.05, 0.1) is 6.61 Å². The van der Waals surface area contributed by atoms with Crippen LogP contribution in [0.2, 0.25) is 0 Å². The molecule has 3 heteroatoms. The van der Waals surface area contributed by atoms with Crippen LogP contribution in [0.5, 0.6) is 0 Å². The van der Waals surface area contributed by atoms with Gasteiger partial charge in [-0.05, 0) is 25.5 Å². The molecular weight excluding hydrogens is 178 g/mol. The molecule has 0 radical (unpaired) electrons. The van der Waals surface area contributed by atoms with Crippen molar-refractivity contribution >= 4 is 5.97 Å². The number of hydrogen-bond acceptors (Lipinski definition) is 2.